The lowest BCUT2D eigenvalue weighted by atomic mass is 9.96. The Morgan fingerprint density at radius 2 is 2.00 bits per heavy atom. The average molecular weight is 325 g/mol. The monoisotopic (exact) mass is 325 g/mol. The van der Waals surface area contributed by atoms with E-state index in [1.165, 1.54) is 11.1 Å². The molecule has 0 bridgehead atoms. The summed E-state index contributed by atoms with van der Waals surface area (Å²) in [7, 11) is 0. The van der Waals surface area contributed by atoms with Gasteiger partial charge in [-0.15, -0.1) is 0 Å². The van der Waals surface area contributed by atoms with Crippen LogP contribution < -0.4 is 9.64 Å². The van der Waals surface area contributed by atoms with Gasteiger partial charge in [-0.1, -0.05) is 18.2 Å². The van der Waals surface area contributed by atoms with E-state index in [4.69, 9.17) is 9.72 Å². The van der Waals surface area contributed by atoms with E-state index in [9.17, 15) is 5.11 Å². The van der Waals surface area contributed by atoms with Crippen LogP contribution in [-0.2, 0) is 13.0 Å². The van der Waals surface area contributed by atoms with Gasteiger partial charge in [0.2, 0.25) is 0 Å². The Balaban J connectivity index is 1.71. The van der Waals surface area contributed by atoms with Crippen LogP contribution in [0.3, 0.4) is 0 Å². The largest absolute Gasteiger partial charge is 0.487 e. The van der Waals surface area contributed by atoms with Crippen molar-refractivity contribution in [3.8, 4) is 5.75 Å². The molecule has 1 fully saturated rings. The number of anilines is 1. The number of fused-ring (bicyclic) bond motifs is 2. The Morgan fingerprint density at radius 1 is 1.21 bits per heavy atom. The van der Waals surface area contributed by atoms with Gasteiger partial charge in [0.25, 0.3) is 0 Å². The topological polar surface area (TPSA) is 58.5 Å². The van der Waals surface area contributed by atoms with Crippen molar-refractivity contribution < 1.29 is 9.84 Å². The summed E-state index contributed by atoms with van der Waals surface area (Å²) < 4.78 is 5.96. The van der Waals surface area contributed by atoms with Gasteiger partial charge in [-0.05, 0) is 37.3 Å². The molecule has 4 rings (SSSR count). The highest BCUT2D eigenvalue weighted by molar-refractivity contribution is 5.54. The molecule has 5 heteroatoms. The van der Waals surface area contributed by atoms with E-state index >= 15 is 0 Å². The third kappa shape index (κ3) is 2.84. The number of aliphatic hydroxyl groups excluding tert-OH is 1. The fourth-order valence-electron chi connectivity index (χ4n) is 3.65. The van der Waals surface area contributed by atoms with Crippen molar-refractivity contribution in [2.75, 3.05) is 24.6 Å². The van der Waals surface area contributed by atoms with E-state index < -0.39 is 0 Å². The number of nitrogens with zero attached hydrogens (tertiary/aromatic N) is 3. The van der Waals surface area contributed by atoms with Crippen molar-refractivity contribution >= 4 is 5.82 Å². The maximum atomic E-state index is 9.37. The zero-order valence-corrected chi connectivity index (χ0v) is 14.0. The van der Waals surface area contributed by atoms with Crippen LogP contribution in [0.25, 0.3) is 0 Å². The molecule has 0 unspecified atom stereocenters. The molecule has 0 amide bonds. The quantitative estimate of drug-likeness (QED) is 0.919. The molecule has 1 N–H and O–H groups in total. The van der Waals surface area contributed by atoms with Crippen LogP contribution in [0, 0.1) is 12.8 Å². The van der Waals surface area contributed by atoms with Crippen molar-refractivity contribution in [3.05, 3.63) is 46.9 Å². The lowest BCUT2D eigenvalue weighted by Gasteiger charge is -2.33. The maximum Gasteiger partial charge on any atom is 0.136 e. The first-order valence-corrected chi connectivity index (χ1v) is 8.67. The molecule has 126 valence electrons. The zero-order valence-electron chi connectivity index (χ0n) is 14.0. The molecule has 24 heavy (non-hydrogen) atoms. The molecule has 3 heterocycles. The number of aryl methyl sites for hydroxylation is 1. The van der Waals surface area contributed by atoms with E-state index in [-0.39, 0.29) is 6.61 Å². The van der Waals surface area contributed by atoms with Crippen LogP contribution in [0.15, 0.2) is 24.3 Å². The third-order valence-electron chi connectivity index (χ3n) is 5.06. The molecule has 0 aliphatic carbocycles. The van der Waals surface area contributed by atoms with E-state index in [1.807, 2.05) is 19.1 Å². The molecule has 1 aromatic carbocycles. The van der Waals surface area contributed by atoms with E-state index in [0.29, 0.717) is 12.5 Å². The second-order valence-electron chi connectivity index (χ2n) is 6.71. The van der Waals surface area contributed by atoms with Crippen molar-refractivity contribution in [2.45, 2.75) is 32.8 Å². The van der Waals surface area contributed by atoms with Crippen LogP contribution in [0.1, 0.15) is 35.5 Å². The van der Waals surface area contributed by atoms with Gasteiger partial charge in [-0.3, -0.25) is 0 Å². The number of hydrogen-bond donors (Lipinski definition) is 1. The summed E-state index contributed by atoms with van der Waals surface area (Å²) >= 11 is 0. The summed E-state index contributed by atoms with van der Waals surface area (Å²) in [5.74, 6) is 3.21. The molecule has 0 saturated carbocycles. The van der Waals surface area contributed by atoms with Crippen molar-refractivity contribution in [2.24, 2.45) is 5.92 Å². The second kappa shape index (κ2) is 6.40. The van der Waals surface area contributed by atoms with Crippen molar-refractivity contribution in [1.82, 2.24) is 9.97 Å². The molecule has 2 aromatic rings. The lowest BCUT2D eigenvalue weighted by Crippen LogP contribution is -2.36. The Bertz CT molecular complexity index is 739. The molecule has 1 aromatic heterocycles. The van der Waals surface area contributed by atoms with Crippen LogP contribution in [0.4, 0.5) is 5.82 Å². The standard InChI is InChI=1S/C19H23N3O2/c1-13-20-17-12-24-18-5-3-2-4-15(18)10-16(17)19(21-13)22-8-6-14(11-23)7-9-22/h2-5,14,23H,6-12H2,1H3. The van der Waals surface area contributed by atoms with E-state index in [2.05, 4.69) is 22.0 Å². The van der Waals surface area contributed by atoms with Crippen molar-refractivity contribution in [1.29, 1.82) is 0 Å². The highest BCUT2D eigenvalue weighted by atomic mass is 16.5. The number of ether oxygens (including phenoxy) is 1. The summed E-state index contributed by atoms with van der Waals surface area (Å²) in [6.07, 6.45) is 2.84. The van der Waals surface area contributed by atoms with Gasteiger partial charge in [-0.2, -0.15) is 0 Å². The summed E-state index contributed by atoms with van der Waals surface area (Å²) in [5.41, 5.74) is 3.38. The minimum Gasteiger partial charge on any atom is -0.487 e. The number of aliphatic hydroxyl groups is 1. The molecule has 5 nitrogen and oxygen atoms in total. The molecular weight excluding hydrogens is 302 g/mol. The first kappa shape index (κ1) is 15.4. The van der Waals surface area contributed by atoms with Crippen LogP contribution >= 0.6 is 0 Å². The number of aromatic nitrogens is 2. The Kier molecular flexibility index (Phi) is 4.10. The van der Waals surface area contributed by atoms with Gasteiger partial charge < -0.3 is 14.7 Å². The normalized spacial score (nSPS) is 17.7. The van der Waals surface area contributed by atoms with E-state index in [0.717, 1.165) is 55.4 Å². The number of benzene rings is 1. The molecular formula is C19H23N3O2. The summed E-state index contributed by atoms with van der Waals surface area (Å²) in [4.78, 5) is 11.8. The Hall–Kier alpha value is -2.14. The van der Waals surface area contributed by atoms with Gasteiger partial charge in [-0.25, -0.2) is 9.97 Å². The smallest absolute Gasteiger partial charge is 0.136 e. The minimum atomic E-state index is 0.288. The van der Waals surface area contributed by atoms with Gasteiger partial charge in [0.05, 0.1) is 5.69 Å². The fraction of sp³-hybridized carbons (Fsp3) is 0.474. The van der Waals surface area contributed by atoms with Crippen molar-refractivity contribution in [3.63, 3.8) is 0 Å². The number of rotatable bonds is 2. The third-order valence-corrected chi connectivity index (χ3v) is 5.06. The minimum absolute atomic E-state index is 0.288. The SMILES string of the molecule is Cc1nc2c(c(N3CCC(CO)CC3)n1)Cc1ccccc1OC2. The van der Waals surface area contributed by atoms with Gasteiger partial charge in [0.1, 0.15) is 24.0 Å². The van der Waals surface area contributed by atoms with Crippen LogP contribution in [0.5, 0.6) is 5.75 Å². The second-order valence-corrected chi connectivity index (χ2v) is 6.71. The fourth-order valence-corrected chi connectivity index (χ4v) is 3.65. The molecule has 0 spiro atoms. The summed E-state index contributed by atoms with van der Waals surface area (Å²) in [6, 6.07) is 8.20. The Labute approximate surface area is 142 Å². The number of piperidine rings is 1. The van der Waals surface area contributed by atoms with Gasteiger partial charge >= 0.3 is 0 Å². The Morgan fingerprint density at radius 3 is 2.79 bits per heavy atom. The number of para-hydroxylation sites is 1. The van der Waals surface area contributed by atoms with Gasteiger partial charge in [0, 0.05) is 31.7 Å². The first-order chi connectivity index (χ1) is 11.7. The van der Waals surface area contributed by atoms with Gasteiger partial charge in [0.15, 0.2) is 0 Å². The molecule has 0 atom stereocenters. The van der Waals surface area contributed by atoms with E-state index in [1.54, 1.807) is 0 Å². The van der Waals surface area contributed by atoms with Crippen LogP contribution in [0.2, 0.25) is 0 Å². The molecule has 2 aliphatic rings. The van der Waals surface area contributed by atoms with Crippen LogP contribution in [-0.4, -0.2) is 34.8 Å². The first-order valence-electron chi connectivity index (χ1n) is 8.67. The highest BCUT2D eigenvalue weighted by Crippen LogP contribution is 2.33. The predicted octanol–water partition coefficient (Wildman–Crippen LogP) is 2.48. The zero-order chi connectivity index (χ0) is 16.5. The average Bonchev–Trinajstić information content (AvgIpc) is 2.80. The number of hydrogen-bond acceptors (Lipinski definition) is 5. The maximum absolute atomic E-state index is 9.37. The molecule has 1 saturated heterocycles. The highest BCUT2D eigenvalue weighted by Gasteiger charge is 2.26. The lowest BCUT2D eigenvalue weighted by molar-refractivity contribution is 0.202. The summed E-state index contributed by atoms with van der Waals surface area (Å²) in [6.45, 7) is 4.61. The molecule has 2 aliphatic heterocycles. The predicted molar refractivity (Wildman–Crippen MR) is 92.4 cm³/mol. The summed E-state index contributed by atoms with van der Waals surface area (Å²) in [5, 5.41) is 9.37. The molecule has 0 radical (unpaired) electrons.